The molecule has 1 saturated heterocycles. The summed E-state index contributed by atoms with van der Waals surface area (Å²) in [7, 11) is 0. The number of carbonyl (C=O) groups excluding carboxylic acids is 1. The van der Waals surface area contributed by atoms with Crippen LogP contribution in [0.2, 0.25) is 0 Å². The Morgan fingerprint density at radius 2 is 2.15 bits per heavy atom. The van der Waals surface area contributed by atoms with Crippen LogP contribution in [0.3, 0.4) is 0 Å². The zero-order valence-electron chi connectivity index (χ0n) is 11.0. The van der Waals surface area contributed by atoms with Crippen LogP contribution in [-0.4, -0.2) is 18.5 Å². The molecule has 2 N–H and O–H groups in total. The fourth-order valence-corrected chi connectivity index (χ4v) is 2.31. The van der Waals surface area contributed by atoms with Gasteiger partial charge < -0.3 is 10.6 Å². The minimum Gasteiger partial charge on any atom is -0.326 e. The summed E-state index contributed by atoms with van der Waals surface area (Å²) in [6.45, 7) is 0.890. The van der Waals surface area contributed by atoms with E-state index in [1.807, 2.05) is 0 Å². The Bertz CT molecular complexity index is 468. The number of alkyl halides is 3. The van der Waals surface area contributed by atoms with Gasteiger partial charge in [-0.3, -0.25) is 4.79 Å². The summed E-state index contributed by atoms with van der Waals surface area (Å²) in [5.74, 6) is -0.260. The van der Waals surface area contributed by atoms with Gasteiger partial charge in [0.15, 0.2) is 0 Å². The summed E-state index contributed by atoms with van der Waals surface area (Å²) in [6.07, 6.45) is -1.00. The Morgan fingerprint density at radius 1 is 1.35 bits per heavy atom. The monoisotopic (exact) mass is 286 g/mol. The number of amides is 1. The van der Waals surface area contributed by atoms with E-state index in [9.17, 15) is 18.0 Å². The van der Waals surface area contributed by atoms with Crippen molar-refractivity contribution in [1.29, 1.82) is 0 Å². The molecule has 1 fully saturated rings. The maximum Gasteiger partial charge on any atom is 0.416 e. The lowest BCUT2D eigenvalue weighted by Gasteiger charge is -2.22. The summed E-state index contributed by atoms with van der Waals surface area (Å²) in [5.41, 5.74) is -0.577. The van der Waals surface area contributed by atoms with E-state index < -0.39 is 11.7 Å². The molecule has 1 aromatic rings. The molecule has 110 valence electrons. The highest BCUT2D eigenvalue weighted by atomic mass is 19.4. The summed E-state index contributed by atoms with van der Waals surface area (Å²) < 4.78 is 37.7. The summed E-state index contributed by atoms with van der Waals surface area (Å²) in [4.78, 5) is 11.8. The van der Waals surface area contributed by atoms with E-state index >= 15 is 0 Å². The topological polar surface area (TPSA) is 41.1 Å². The Balaban J connectivity index is 1.93. The van der Waals surface area contributed by atoms with E-state index in [4.69, 9.17) is 0 Å². The van der Waals surface area contributed by atoms with Crippen LogP contribution in [0.15, 0.2) is 24.3 Å². The molecule has 0 aromatic heterocycles. The van der Waals surface area contributed by atoms with Gasteiger partial charge >= 0.3 is 6.18 Å². The fourth-order valence-electron chi connectivity index (χ4n) is 2.31. The molecule has 1 unspecified atom stereocenters. The van der Waals surface area contributed by atoms with Gasteiger partial charge in [-0.25, -0.2) is 0 Å². The summed E-state index contributed by atoms with van der Waals surface area (Å²) >= 11 is 0. The predicted molar refractivity (Wildman–Crippen MR) is 70.3 cm³/mol. The molecule has 0 spiro atoms. The van der Waals surface area contributed by atoms with Gasteiger partial charge in [-0.15, -0.1) is 0 Å². The second-order valence-electron chi connectivity index (χ2n) is 4.98. The fraction of sp³-hybridized carbons (Fsp3) is 0.500. The van der Waals surface area contributed by atoms with Crippen molar-refractivity contribution in [2.45, 2.75) is 37.9 Å². The number of rotatable bonds is 3. The highest BCUT2D eigenvalue weighted by Crippen LogP contribution is 2.30. The number of anilines is 1. The molecular formula is C14H17F3N2O. The van der Waals surface area contributed by atoms with E-state index in [0.29, 0.717) is 0 Å². The Morgan fingerprint density at radius 3 is 2.80 bits per heavy atom. The van der Waals surface area contributed by atoms with Gasteiger partial charge in [-0.2, -0.15) is 13.2 Å². The van der Waals surface area contributed by atoms with Crippen molar-refractivity contribution in [3.63, 3.8) is 0 Å². The van der Waals surface area contributed by atoms with Crippen LogP contribution in [-0.2, 0) is 11.0 Å². The van der Waals surface area contributed by atoms with E-state index in [1.54, 1.807) is 0 Å². The van der Waals surface area contributed by atoms with Crippen LogP contribution in [0, 0.1) is 0 Å². The van der Waals surface area contributed by atoms with Crippen molar-refractivity contribution in [2.24, 2.45) is 0 Å². The molecular weight excluding hydrogens is 269 g/mol. The Hall–Kier alpha value is -1.56. The number of piperidine rings is 1. The van der Waals surface area contributed by atoms with Gasteiger partial charge in [0.25, 0.3) is 0 Å². The highest BCUT2D eigenvalue weighted by Gasteiger charge is 2.30. The molecule has 0 radical (unpaired) electrons. The van der Waals surface area contributed by atoms with Crippen molar-refractivity contribution in [3.05, 3.63) is 29.8 Å². The van der Waals surface area contributed by atoms with Gasteiger partial charge in [0.2, 0.25) is 5.91 Å². The zero-order valence-corrected chi connectivity index (χ0v) is 11.0. The first-order valence-electron chi connectivity index (χ1n) is 6.65. The molecule has 1 aromatic carbocycles. The first-order chi connectivity index (χ1) is 9.45. The molecule has 6 heteroatoms. The lowest BCUT2D eigenvalue weighted by molar-refractivity contribution is -0.137. The van der Waals surface area contributed by atoms with Crippen LogP contribution in [0.1, 0.15) is 31.2 Å². The number of nitrogens with one attached hydrogen (secondary N) is 2. The minimum absolute atomic E-state index is 0.120. The Labute approximate surface area is 115 Å². The quantitative estimate of drug-likeness (QED) is 0.896. The van der Waals surface area contributed by atoms with Crippen molar-refractivity contribution < 1.29 is 18.0 Å². The van der Waals surface area contributed by atoms with Crippen LogP contribution >= 0.6 is 0 Å². The molecule has 0 bridgehead atoms. The molecule has 0 aliphatic carbocycles. The number of hydrogen-bond donors (Lipinski definition) is 2. The number of carbonyl (C=O) groups is 1. The van der Waals surface area contributed by atoms with Crippen LogP contribution < -0.4 is 10.6 Å². The van der Waals surface area contributed by atoms with Crippen molar-refractivity contribution >= 4 is 11.6 Å². The average Bonchev–Trinajstić information content (AvgIpc) is 2.39. The third-order valence-corrected chi connectivity index (χ3v) is 3.32. The smallest absolute Gasteiger partial charge is 0.326 e. The van der Waals surface area contributed by atoms with Gasteiger partial charge in [0, 0.05) is 18.2 Å². The zero-order chi connectivity index (χ0) is 14.6. The van der Waals surface area contributed by atoms with Gasteiger partial charge in [-0.1, -0.05) is 12.5 Å². The third-order valence-electron chi connectivity index (χ3n) is 3.32. The molecule has 1 heterocycles. The molecule has 1 amide bonds. The molecule has 1 atom stereocenters. The van der Waals surface area contributed by atoms with E-state index in [0.717, 1.165) is 37.9 Å². The summed E-state index contributed by atoms with van der Waals surface area (Å²) in [6, 6.07) is 4.80. The molecule has 20 heavy (non-hydrogen) atoms. The van der Waals surface area contributed by atoms with Crippen LogP contribution in [0.5, 0.6) is 0 Å². The molecule has 1 aliphatic rings. The lowest BCUT2D eigenvalue weighted by Crippen LogP contribution is -2.36. The SMILES string of the molecule is O=C(CC1CCCCN1)Nc1cccc(C(F)(F)F)c1. The first-order valence-corrected chi connectivity index (χ1v) is 6.65. The maximum atomic E-state index is 12.6. The minimum atomic E-state index is -4.40. The van der Waals surface area contributed by atoms with E-state index in [-0.39, 0.29) is 24.1 Å². The number of hydrogen-bond acceptors (Lipinski definition) is 2. The highest BCUT2D eigenvalue weighted by molar-refractivity contribution is 5.91. The number of benzene rings is 1. The number of halogens is 3. The second-order valence-corrected chi connectivity index (χ2v) is 4.98. The molecule has 2 rings (SSSR count). The molecule has 1 aliphatic heterocycles. The largest absolute Gasteiger partial charge is 0.416 e. The van der Waals surface area contributed by atoms with E-state index in [2.05, 4.69) is 10.6 Å². The molecule has 3 nitrogen and oxygen atoms in total. The average molecular weight is 286 g/mol. The van der Waals surface area contributed by atoms with Crippen LogP contribution in [0.25, 0.3) is 0 Å². The second kappa shape index (κ2) is 6.26. The molecule has 0 saturated carbocycles. The standard InChI is InChI=1S/C14H17F3N2O/c15-14(16,17)10-4-3-6-12(8-10)19-13(20)9-11-5-1-2-7-18-11/h3-4,6,8,11,18H,1-2,5,7,9H2,(H,19,20). The van der Waals surface area contributed by atoms with Gasteiger partial charge in [0.05, 0.1) is 5.56 Å². The summed E-state index contributed by atoms with van der Waals surface area (Å²) in [5, 5.41) is 5.75. The predicted octanol–water partition coefficient (Wildman–Crippen LogP) is 3.18. The van der Waals surface area contributed by atoms with Crippen molar-refractivity contribution in [3.8, 4) is 0 Å². The van der Waals surface area contributed by atoms with Crippen molar-refractivity contribution in [2.75, 3.05) is 11.9 Å². The van der Waals surface area contributed by atoms with Gasteiger partial charge in [0.1, 0.15) is 0 Å². The van der Waals surface area contributed by atoms with Crippen LogP contribution in [0.4, 0.5) is 18.9 Å². The Kier molecular flexibility index (Phi) is 4.65. The maximum absolute atomic E-state index is 12.6. The first kappa shape index (κ1) is 14.8. The normalized spacial score (nSPS) is 19.6. The van der Waals surface area contributed by atoms with Crippen molar-refractivity contribution in [1.82, 2.24) is 5.32 Å². The van der Waals surface area contributed by atoms with Gasteiger partial charge in [-0.05, 0) is 37.6 Å². The van der Waals surface area contributed by atoms with E-state index in [1.165, 1.54) is 12.1 Å². The third kappa shape index (κ3) is 4.23. The lowest BCUT2D eigenvalue weighted by atomic mass is 10.0.